The number of alkyl halides is 3. The first-order chi connectivity index (χ1) is 11.8. The minimum absolute atomic E-state index is 0.238. The fraction of sp³-hybridized carbons (Fsp3) is 0.375. The fourth-order valence-electron chi connectivity index (χ4n) is 2.19. The van der Waals surface area contributed by atoms with Gasteiger partial charge < -0.3 is 14.6 Å². The minimum Gasteiger partial charge on any atom is -0.372 e. The summed E-state index contributed by atoms with van der Waals surface area (Å²) in [5.74, 6) is -0.412. The lowest BCUT2D eigenvalue weighted by atomic mass is 10.1. The molecule has 0 spiro atoms. The lowest BCUT2D eigenvalue weighted by molar-refractivity contribution is -0.174. The van der Waals surface area contributed by atoms with Gasteiger partial charge in [-0.05, 0) is 17.7 Å². The molecule has 136 valence electrons. The number of carbonyl (C=O) groups excluding carboxylic acids is 1. The third-order valence-electron chi connectivity index (χ3n) is 3.36. The summed E-state index contributed by atoms with van der Waals surface area (Å²) in [4.78, 5) is 16.2. The summed E-state index contributed by atoms with van der Waals surface area (Å²) in [5, 5.41) is 2.69. The Hall–Kier alpha value is -2.42. The van der Waals surface area contributed by atoms with Crippen LogP contribution in [0.1, 0.15) is 23.9 Å². The minimum atomic E-state index is -4.43. The van der Waals surface area contributed by atoms with Gasteiger partial charge in [-0.2, -0.15) is 13.2 Å². The van der Waals surface area contributed by atoms with E-state index < -0.39 is 30.5 Å². The van der Waals surface area contributed by atoms with Gasteiger partial charge in [0.15, 0.2) is 0 Å². The number of aromatic nitrogens is 2. The third-order valence-corrected chi connectivity index (χ3v) is 3.36. The first kappa shape index (κ1) is 18.9. The van der Waals surface area contributed by atoms with Gasteiger partial charge in [0.05, 0.1) is 6.61 Å². The summed E-state index contributed by atoms with van der Waals surface area (Å²) < 4.78 is 55.3. The Morgan fingerprint density at radius 1 is 1.32 bits per heavy atom. The van der Waals surface area contributed by atoms with Crippen LogP contribution in [0.25, 0.3) is 0 Å². The number of aryl methyl sites for hydroxylation is 1. The molecule has 1 unspecified atom stereocenters. The van der Waals surface area contributed by atoms with Gasteiger partial charge in [-0.15, -0.1) is 0 Å². The maximum Gasteiger partial charge on any atom is 0.411 e. The molecule has 1 heterocycles. The molecule has 1 amide bonds. The predicted molar refractivity (Wildman–Crippen MR) is 81.1 cm³/mol. The standard InChI is InChI=1S/C16H17F4N3O2/c1-23-8-7-21-15(23)14(11-2-4-12(17)5-3-11)22-13(24)6-9-25-10-16(18,19)20/h2-5,7-8,14H,6,9-10H2,1H3,(H,22,24). The molecule has 1 aromatic heterocycles. The number of halogens is 4. The van der Waals surface area contributed by atoms with Crippen molar-refractivity contribution in [1.29, 1.82) is 0 Å². The molecule has 2 aromatic rings. The van der Waals surface area contributed by atoms with Crippen LogP contribution in [0, 0.1) is 5.82 Å². The van der Waals surface area contributed by atoms with E-state index in [4.69, 9.17) is 0 Å². The highest BCUT2D eigenvalue weighted by Gasteiger charge is 2.27. The van der Waals surface area contributed by atoms with Crippen LogP contribution in [0.5, 0.6) is 0 Å². The maximum absolute atomic E-state index is 13.1. The van der Waals surface area contributed by atoms with Crippen LogP contribution in [-0.4, -0.2) is 34.8 Å². The highest BCUT2D eigenvalue weighted by atomic mass is 19.4. The van der Waals surface area contributed by atoms with E-state index in [0.29, 0.717) is 11.4 Å². The molecule has 1 atom stereocenters. The molecule has 5 nitrogen and oxygen atoms in total. The summed E-state index contributed by atoms with van der Waals surface area (Å²) in [6.45, 7) is -1.76. The van der Waals surface area contributed by atoms with Crippen LogP contribution >= 0.6 is 0 Å². The normalized spacial score (nSPS) is 12.8. The Bertz CT molecular complexity index is 698. The summed E-state index contributed by atoms with van der Waals surface area (Å²) in [7, 11) is 1.73. The monoisotopic (exact) mass is 359 g/mol. The highest BCUT2D eigenvalue weighted by Crippen LogP contribution is 2.21. The Balaban J connectivity index is 2.03. The van der Waals surface area contributed by atoms with Crippen molar-refractivity contribution in [2.75, 3.05) is 13.2 Å². The van der Waals surface area contributed by atoms with Gasteiger partial charge in [0.1, 0.15) is 24.3 Å². The number of amides is 1. The van der Waals surface area contributed by atoms with E-state index in [0.717, 1.165) is 0 Å². The van der Waals surface area contributed by atoms with Crippen molar-refractivity contribution >= 4 is 5.91 Å². The van der Waals surface area contributed by atoms with Gasteiger partial charge in [-0.25, -0.2) is 9.37 Å². The highest BCUT2D eigenvalue weighted by molar-refractivity contribution is 5.76. The predicted octanol–water partition coefficient (Wildman–Crippen LogP) is 2.73. The van der Waals surface area contributed by atoms with Crippen LogP contribution in [-0.2, 0) is 16.6 Å². The largest absolute Gasteiger partial charge is 0.411 e. The second-order valence-corrected chi connectivity index (χ2v) is 5.37. The quantitative estimate of drug-likeness (QED) is 0.611. The number of benzene rings is 1. The molecule has 1 aromatic carbocycles. The fourth-order valence-corrected chi connectivity index (χ4v) is 2.19. The van der Waals surface area contributed by atoms with Crippen LogP contribution in [0.15, 0.2) is 36.7 Å². The van der Waals surface area contributed by atoms with Gasteiger partial charge in [0.25, 0.3) is 0 Å². The average Bonchev–Trinajstić information content (AvgIpc) is 2.95. The van der Waals surface area contributed by atoms with E-state index in [1.165, 1.54) is 24.3 Å². The van der Waals surface area contributed by atoms with Gasteiger partial charge >= 0.3 is 6.18 Å². The SMILES string of the molecule is Cn1ccnc1C(NC(=O)CCOCC(F)(F)F)c1ccc(F)cc1. The van der Waals surface area contributed by atoms with Crippen molar-refractivity contribution < 1.29 is 27.1 Å². The molecule has 1 N–H and O–H groups in total. The molecular formula is C16H17F4N3O2. The Labute approximate surface area is 141 Å². The summed E-state index contributed by atoms with van der Waals surface area (Å²) in [6.07, 6.45) is -1.44. The van der Waals surface area contributed by atoms with E-state index in [2.05, 4.69) is 15.0 Å². The molecule has 0 radical (unpaired) electrons. The van der Waals surface area contributed by atoms with Crippen molar-refractivity contribution in [2.24, 2.45) is 7.05 Å². The second kappa shape index (κ2) is 8.11. The molecular weight excluding hydrogens is 342 g/mol. The molecule has 0 aliphatic heterocycles. The van der Waals surface area contributed by atoms with Gasteiger partial charge in [-0.3, -0.25) is 4.79 Å². The zero-order chi connectivity index (χ0) is 18.4. The number of nitrogens with zero attached hydrogens (tertiary/aromatic N) is 2. The molecule has 0 saturated carbocycles. The number of hydrogen-bond acceptors (Lipinski definition) is 3. The number of ether oxygens (including phenoxy) is 1. The van der Waals surface area contributed by atoms with Gasteiger partial charge in [0, 0.05) is 25.9 Å². The van der Waals surface area contributed by atoms with Crippen molar-refractivity contribution in [3.63, 3.8) is 0 Å². The second-order valence-electron chi connectivity index (χ2n) is 5.37. The first-order valence-electron chi connectivity index (χ1n) is 7.43. The Kier molecular flexibility index (Phi) is 6.13. The molecule has 0 bridgehead atoms. The van der Waals surface area contributed by atoms with Crippen molar-refractivity contribution in [1.82, 2.24) is 14.9 Å². The summed E-state index contributed by atoms with van der Waals surface area (Å²) in [6, 6.07) is 4.87. The Morgan fingerprint density at radius 2 is 2.00 bits per heavy atom. The summed E-state index contributed by atoms with van der Waals surface area (Å²) >= 11 is 0. The van der Waals surface area contributed by atoms with E-state index >= 15 is 0 Å². The van der Waals surface area contributed by atoms with Crippen molar-refractivity contribution in [3.05, 3.63) is 53.9 Å². The van der Waals surface area contributed by atoms with E-state index in [9.17, 15) is 22.4 Å². The van der Waals surface area contributed by atoms with E-state index in [1.54, 1.807) is 24.0 Å². The molecule has 0 fully saturated rings. The van der Waals surface area contributed by atoms with Crippen LogP contribution in [0.3, 0.4) is 0 Å². The number of imidazole rings is 1. The van der Waals surface area contributed by atoms with Crippen LogP contribution in [0.4, 0.5) is 17.6 Å². The molecule has 25 heavy (non-hydrogen) atoms. The zero-order valence-corrected chi connectivity index (χ0v) is 13.4. The average molecular weight is 359 g/mol. The molecule has 0 saturated heterocycles. The van der Waals surface area contributed by atoms with Gasteiger partial charge in [-0.1, -0.05) is 12.1 Å². The van der Waals surface area contributed by atoms with Crippen LogP contribution < -0.4 is 5.32 Å². The lowest BCUT2D eigenvalue weighted by Crippen LogP contribution is -2.32. The van der Waals surface area contributed by atoms with Gasteiger partial charge in [0.2, 0.25) is 5.91 Å². The van der Waals surface area contributed by atoms with E-state index in [-0.39, 0.29) is 13.0 Å². The molecule has 0 aliphatic carbocycles. The number of rotatable bonds is 7. The Morgan fingerprint density at radius 3 is 2.56 bits per heavy atom. The number of nitrogens with one attached hydrogen (secondary N) is 1. The summed E-state index contributed by atoms with van der Waals surface area (Å²) in [5.41, 5.74) is 0.597. The molecule has 0 aliphatic rings. The molecule has 2 rings (SSSR count). The zero-order valence-electron chi connectivity index (χ0n) is 13.4. The molecule has 9 heteroatoms. The maximum atomic E-state index is 13.1. The van der Waals surface area contributed by atoms with E-state index in [1.807, 2.05) is 0 Å². The first-order valence-corrected chi connectivity index (χ1v) is 7.43. The topological polar surface area (TPSA) is 56.2 Å². The van der Waals surface area contributed by atoms with Crippen molar-refractivity contribution in [3.8, 4) is 0 Å². The number of carbonyl (C=O) groups is 1. The lowest BCUT2D eigenvalue weighted by Gasteiger charge is -2.19. The third kappa shape index (κ3) is 5.86. The number of hydrogen-bond donors (Lipinski definition) is 1. The smallest absolute Gasteiger partial charge is 0.372 e. The van der Waals surface area contributed by atoms with Crippen molar-refractivity contribution in [2.45, 2.75) is 18.6 Å². The van der Waals surface area contributed by atoms with Crippen LogP contribution in [0.2, 0.25) is 0 Å².